The highest BCUT2D eigenvalue weighted by Crippen LogP contribution is 2.30. The summed E-state index contributed by atoms with van der Waals surface area (Å²) in [5, 5.41) is 41.8. The van der Waals surface area contributed by atoms with E-state index in [2.05, 4.69) is 4.74 Å². The molecule has 16 nitrogen and oxygen atoms in total. The third-order valence-corrected chi connectivity index (χ3v) is 6.62. The van der Waals surface area contributed by atoms with Gasteiger partial charge in [-0.1, -0.05) is 0 Å². The number of primary amides is 1. The van der Waals surface area contributed by atoms with Crippen molar-refractivity contribution in [1.29, 1.82) is 0 Å². The van der Waals surface area contributed by atoms with Crippen LogP contribution in [0, 0.1) is 0 Å². The fourth-order valence-corrected chi connectivity index (χ4v) is 4.58. The fourth-order valence-electron chi connectivity index (χ4n) is 4.58. The van der Waals surface area contributed by atoms with Crippen LogP contribution < -0.4 is 34.4 Å². The van der Waals surface area contributed by atoms with Crippen LogP contribution in [0.25, 0.3) is 0 Å². The smallest absolute Gasteiger partial charge is 0.404 e. The van der Waals surface area contributed by atoms with Gasteiger partial charge in [0.2, 0.25) is 0 Å². The zero-order chi connectivity index (χ0) is 26.0. The second-order valence-corrected chi connectivity index (χ2v) is 9.23. The Kier molecular flexibility index (Phi) is 9.60. The van der Waals surface area contributed by atoms with Gasteiger partial charge in [-0.15, -0.1) is 0 Å². The van der Waals surface area contributed by atoms with E-state index in [0.29, 0.717) is 0 Å². The molecule has 2 heterocycles. The Morgan fingerprint density at radius 2 is 1.37 bits per heavy atom. The number of ether oxygens (including phenoxy) is 5. The van der Waals surface area contributed by atoms with E-state index in [4.69, 9.17) is 53.3 Å². The zero-order valence-corrected chi connectivity index (χ0v) is 19.1. The zero-order valence-electron chi connectivity index (χ0n) is 19.1. The molecule has 0 unspecified atom stereocenters. The number of rotatable bonds is 7. The van der Waals surface area contributed by atoms with Crippen LogP contribution in [0.5, 0.6) is 0 Å². The molecular formula is C19H38N6O10. The van der Waals surface area contributed by atoms with Crippen LogP contribution >= 0.6 is 0 Å². The average molecular weight is 511 g/mol. The third-order valence-electron chi connectivity index (χ3n) is 6.62. The van der Waals surface area contributed by atoms with E-state index in [1.165, 1.54) is 0 Å². The minimum absolute atomic E-state index is 0.0350. The van der Waals surface area contributed by atoms with Crippen molar-refractivity contribution in [3.05, 3.63) is 0 Å². The highest BCUT2D eigenvalue weighted by Gasteiger charge is 2.50. The van der Waals surface area contributed by atoms with E-state index < -0.39 is 98.3 Å². The second kappa shape index (κ2) is 11.9. The molecule has 0 radical (unpaired) electrons. The molecule has 0 aromatic carbocycles. The van der Waals surface area contributed by atoms with Crippen LogP contribution in [-0.4, -0.2) is 125 Å². The van der Waals surface area contributed by atoms with Crippen LogP contribution in [0.4, 0.5) is 4.79 Å². The van der Waals surface area contributed by atoms with E-state index in [1.54, 1.807) is 0 Å². The maximum Gasteiger partial charge on any atom is 0.404 e. The molecule has 1 amide bonds. The molecule has 16 heteroatoms. The molecule has 16 N–H and O–H groups in total. The SMILES string of the molecule is NC[C@@H]1O[C@H](O[C@H]2[C@H](O)[C@H](O[C@@H]3O[C@H](COC(N)=O)[C@@H](O)[C@H](N)[C@H]3O)[C@H](N)C[C@H]2N)[C@@H](N)C[C@@H]1O. The normalized spacial score (nSPS) is 48.9. The quantitative estimate of drug-likeness (QED) is 0.152. The minimum atomic E-state index is -1.51. The van der Waals surface area contributed by atoms with Crippen LogP contribution in [-0.2, 0) is 23.7 Å². The van der Waals surface area contributed by atoms with Crippen molar-refractivity contribution in [3.8, 4) is 0 Å². The number of hydrogen-bond acceptors (Lipinski definition) is 15. The lowest BCUT2D eigenvalue weighted by atomic mass is 9.84. The molecule has 3 fully saturated rings. The lowest BCUT2D eigenvalue weighted by molar-refractivity contribution is -0.314. The predicted octanol–water partition coefficient (Wildman–Crippen LogP) is -6.19. The molecule has 1 saturated carbocycles. The van der Waals surface area contributed by atoms with Gasteiger partial charge in [0.25, 0.3) is 0 Å². The van der Waals surface area contributed by atoms with Gasteiger partial charge in [0, 0.05) is 18.6 Å². The molecule has 35 heavy (non-hydrogen) atoms. The Balaban J connectivity index is 1.70. The summed E-state index contributed by atoms with van der Waals surface area (Å²) in [7, 11) is 0. The number of carbonyl (C=O) groups is 1. The van der Waals surface area contributed by atoms with E-state index in [0.717, 1.165) is 0 Å². The van der Waals surface area contributed by atoms with E-state index in [-0.39, 0.29) is 19.4 Å². The number of carbonyl (C=O) groups excluding carboxylic acids is 1. The summed E-state index contributed by atoms with van der Waals surface area (Å²) >= 11 is 0. The van der Waals surface area contributed by atoms with Crippen molar-refractivity contribution in [1.82, 2.24) is 0 Å². The Morgan fingerprint density at radius 1 is 0.800 bits per heavy atom. The van der Waals surface area contributed by atoms with E-state index in [1.807, 2.05) is 0 Å². The molecule has 0 aromatic rings. The summed E-state index contributed by atoms with van der Waals surface area (Å²) < 4.78 is 27.6. The summed E-state index contributed by atoms with van der Waals surface area (Å²) in [6.07, 6.45) is -12.5. The van der Waals surface area contributed by atoms with Crippen molar-refractivity contribution in [2.45, 2.75) is 98.4 Å². The standard InChI is InChI=1S/C19H38N6O10/c20-3-9-8(26)2-7(23)17(32-9)34-15-5(21)1-6(22)16(14(15)29)35-18-13(28)11(24)12(27)10(33-18)4-31-19(25)30/h5-18,26-29H,1-4,20-24H2,(H2,25,30)/t5-,6-,7+,8+,9+,10-,11+,12-,13-,14+,15-,16-,17-,18+/m1/s1. The van der Waals surface area contributed by atoms with Crippen molar-refractivity contribution in [2.24, 2.45) is 34.4 Å². The summed E-state index contributed by atoms with van der Waals surface area (Å²) in [5.41, 5.74) is 34.9. The Morgan fingerprint density at radius 3 is 1.94 bits per heavy atom. The van der Waals surface area contributed by atoms with Gasteiger partial charge in [0.05, 0.1) is 24.3 Å². The summed E-state index contributed by atoms with van der Waals surface area (Å²) in [6, 6.07) is -3.46. The van der Waals surface area contributed by atoms with Gasteiger partial charge in [-0.3, -0.25) is 0 Å². The van der Waals surface area contributed by atoms with Gasteiger partial charge in [0.1, 0.15) is 43.2 Å². The first-order chi connectivity index (χ1) is 16.4. The Labute approximate surface area is 201 Å². The van der Waals surface area contributed by atoms with Gasteiger partial charge < -0.3 is 78.5 Å². The lowest BCUT2D eigenvalue weighted by Gasteiger charge is -2.47. The molecule has 0 spiro atoms. The van der Waals surface area contributed by atoms with Crippen molar-refractivity contribution in [2.75, 3.05) is 13.2 Å². The van der Waals surface area contributed by atoms with Gasteiger partial charge in [0.15, 0.2) is 12.6 Å². The summed E-state index contributed by atoms with van der Waals surface area (Å²) in [5.74, 6) is 0. The molecule has 3 rings (SSSR count). The van der Waals surface area contributed by atoms with Gasteiger partial charge in [-0.25, -0.2) is 4.79 Å². The topological polar surface area (TPSA) is 300 Å². The molecule has 2 aliphatic heterocycles. The number of nitrogens with two attached hydrogens (primary N) is 6. The lowest BCUT2D eigenvalue weighted by Crippen LogP contribution is -2.68. The molecule has 3 aliphatic rings. The first-order valence-corrected chi connectivity index (χ1v) is 11.4. The Bertz CT molecular complexity index is 711. The summed E-state index contributed by atoms with van der Waals surface area (Å²) in [6.45, 7) is -0.412. The molecule has 1 aliphatic carbocycles. The second-order valence-electron chi connectivity index (χ2n) is 9.23. The van der Waals surface area contributed by atoms with Crippen LogP contribution in [0.3, 0.4) is 0 Å². The maximum absolute atomic E-state index is 11.1. The van der Waals surface area contributed by atoms with Crippen molar-refractivity contribution >= 4 is 6.09 Å². The van der Waals surface area contributed by atoms with Gasteiger partial charge in [-0.05, 0) is 12.8 Å². The largest absolute Gasteiger partial charge is 0.447 e. The van der Waals surface area contributed by atoms with Crippen molar-refractivity contribution in [3.63, 3.8) is 0 Å². The number of aliphatic hydroxyl groups excluding tert-OH is 4. The summed E-state index contributed by atoms with van der Waals surface area (Å²) in [4.78, 5) is 10.9. The third kappa shape index (κ3) is 6.37. The number of amides is 1. The van der Waals surface area contributed by atoms with Gasteiger partial charge >= 0.3 is 6.09 Å². The van der Waals surface area contributed by atoms with Crippen LogP contribution in [0.15, 0.2) is 0 Å². The highest BCUT2D eigenvalue weighted by atomic mass is 16.7. The molecule has 2 saturated heterocycles. The minimum Gasteiger partial charge on any atom is -0.447 e. The maximum atomic E-state index is 11.1. The molecular weight excluding hydrogens is 472 g/mol. The Hall–Kier alpha value is -1.25. The molecule has 204 valence electrons. The highest BCUT2D eigenvalue weighted by molar-refractivity contribution is 5.64. The fraction of sp³-hybridized carbons (Fsp3) is 0.947. The van der Waals surface area contributed by atoms with E-state index >= 15 is 0 Å². The molecule has 14 atom stereocenters. The molecule has 0 aromatic heterocycles. The number of aliphatic hydroxyl groups is 4. The predicted molar refractivity (Wildman–Crippen MR) is 117 cm³/mol. The molecule has 0 bridgehead atoms. The number of hydrogen-bond donors (Lipinski definition) is 10. The van der Waals surface area contributed by atoms with Gasteiger partial charge in [-0.2, -0.15) is 0 Å². The first-order valence-electron chi connectivity index (χ1n) is 11.4. The first kappa shape index (κ1) is 28.3. The van der Waals surface area contributed by atoms with Crippen LogP contribution in [0.2, 0.25) is 0 Å². The average Bonchev–Trinajstić information content (AvgIpc) is 2.79. The van der Waals surface area contributed by atoms with E-state index in [9.17, 15) is 25.2 Å². The van der Waals surface area contributed by atoms with Crippen LogP contribution in [0.1, 0.15) is 12.8 Å². The monoisotopic (exact) mass is 510 g/mol. The van der Waals surface area contributed by atoms with Crippen molar-refractivity contribution < 1.29 is 48.9 Å².